The second-order valence-corrected chi connectivity index (χ2v) is 2.61. The molecular formula is C8H6F5NO. The van der Waals surface area contributed by atoms with Crippen molar-refractivity contribution >= 4 is 5.69 Å². The Bertz CT molecular complexity index is 349. The SMILES string of the molecule is Nc1cccc(OC(F)(F)F)c1C(F)F. The van der Waals surface area contributed by atoms with Gasteiger partial charge < -0.3 is 10.5 Å². The Balaban J connectivity index is 3.12. The quantitative estimate of drug-likeness (QED) is 0.622. The van der Waals surface area contributed by atoms with E-state index >= 15 is 0 Å². The highest BCUT2D eigenvalue weighted by Crippen LogP contribution is 2.36. The van der Waals surface area contributed by atoms with E-state index in [1.807, 2.05) is 0 Å². The predicted octanol–water partition coefficient (Wildman–Crippen LogP) is 3.11. The molecule has 0 aromatic heterocycles. The van der Waals surface area contributed by atoms with Crippen molar-refractivity contribution in [1.82, 2.24) is 0 Å². The van der Waals surface area contributed by atoms with Gasteiger partial charge in [-0.1, -0.05) is 6.07 Å². The van der Waals surface area contributed by atoms with Crippen molar-refractivity contribution in [2.45, 2.75) is 12.8 Å². The smallest absolute Gasteiger partial charge is 0.405 e. The third-order valence-electron chi connectivity index (χ3n) is 1.54. The van der Waals surface area contributed by atoms with Gasteiger partial charge >= 0.3 is 6.36 Å². The number of hydrogen-bond donors (Lipinski definition) is 1. The molecule has 0 radical (unpaired) electrons. The fourth-order valence-corrected chi connectivity index (χ4v) is 1.01. The van der Waals surface area contributed by atoms with Crippen molar-refractivity contribution in [3.63, 3.8) is 0 Å². The summed E-state index contributed by atoms with van der Waals surface area (Å²) in [5.74, 6) is -0.975. The van der Waals surface area contributed by atoms with Crippen LogP contribution in [0.4, 0.5) is 27.6 Å². The summed E-state index contributed by atoms with van der Waals surface area (Å²) in [7, 11) is 0. The number of rotatable bonds is 2. The lowest BCUT2D eigenvalue weighted by Crippen LogP contribution is -2.18. The average molecular weight is 227 g/mol. The van der Waals surface area contributed by atoms with Crippen molar-refractivity contribution in [2.75, 3.05) is 5.73 Å². The zero-order chi connectivity index (χ0) is 11.6. The second kappa shape index (κ2) is 3.92. The second-order valence-electron chi connectivity index (χ2n) is 2.61. The molecule has 0 aliphatic carbocycles. The fraction of sp³-hybridized carbons (Fsp3) is 0.250. The van der Waals surface area contributed by atoms with Gasteiger partial charge in [-0.3, -0.25) is 0 Å². The highest BCUT2D eigenvalue weighted by molar-refractivity contribution is 5.54. The number of benzene rings is 1. The predicted molar refractivity (Wildman–Crippen MR) is 42.5 cm³/mol. The molecule has 0 heterocycles. The summed E-state index contributed by atoms with van der Waals surface area (Å²) in [6.45, 7) is 0. The van der Waals surface area contributed by atoms with Crippen molar-refractivity contribution in [2.24, 2.45) is 0 Å². The first-order valence-electron chi connectivity index (χ1n) is 3.73. The maximum atomic E-state index is 12.3. The molecule has 0 unspecified atom stereocenters. The number of hydrogen-bond acceptors (Lipinski definition) is 2. The zero-order valence-electron chi connectivity index (χ0n) is 7.18. The maximum absolute atomic E-state index is 12.3. The molecule has 2 nitrogen and oxygen atoms in total. The summed E-state index contributed by atoms with van der Waals surface area (Å²) in [5.41, 5.74) is 3.73. The number of halogens is 5. The van der Waals surface area contributed by atoms with Crippen LogP contribution in [0.2, 0.25) is 0 Å². The summed E-state index contributed by atoms with van der Waals surface area (Å²) >= 11 is 0. The summed E-state index contributed by atoms with van der Waals surface area (Å²) in [6.07, 6.45) is -8.14. The van der Waals surface area contributed by atoms with Crippen LogP contribution in [0.3, 0.4) is 0 Å². The van der Waals surface area contributed by atoms with E-state index in [0.717, 1.165) is 18.2 Å². The summed E-state index contributed by atoms with van der Waals surface area (Å²) in [4.78, 5) is 0. The number of nitrogens with two attached hydrogens (primary N) is 1. The third kappa shape index (κ3) is 2.97. The molecule has 0 aliphatic rings. The molecule has 1 rings (SSSR count). The molecule has 7 heteroatoms. The Labute approximate surface area is 81.4 Å². The van der Waals surface area contributed by atoms with E-state index in [9.17, 15) is 22.0 Å². The molecule has 0 aliphatic heterocycles. The summed E-state index contributed by atoms with van der Waals surface area (Å²) in [6, 6.07) is 2.96. The molecule has 0 fully saturated rings. The van der Waals surface area contributed by atoms with Gasteiger partial charge in [-0.25, -0.2) is 8.78 Å². The molecule has 1 aromatic rings. The molecular weight excluding hydrogens is 221 g/mol. The minimum absolute atomic E-state index is 0.438. The van der Waals surface area contributed by atoms with E-state index in [1.165, 1.54) is 0 Å². The van der Waals surface area contributed by atoms with Crippen LogP contribution in [-0.4, -0.2) is 6.36 Å². The monoisotopic (exact) mass is 227 g/mol. The Morgan fingerprint density at radius 1 is 1.20 bits per heavy atom. The van der Waals surface area contributed by atoms with Crippen LogP contribution in [0.5, 0.6) is 5.75 Å². The van der Waals surface area contributed by atoms with Gasteiger partial charge in [0, 0.05) is 5.69 Å². The highest BCUT2D eigenvalue weighted by atomic mass is 19.4. The Morgan fingerprint density at radius 3 is 2.27 bits per heavy atom. The summed E-state index contributed by atoms with van der Waals surface area (Å²) in [5, 5.41) is 0. The molecule has 0 atom stereocenters. The molecule has 1 aromatic carbocycles. The maximum Gasteiger partial charge on any atom is 0.573 e. The average Bonchev–Trinajstić information content (AvgIpc) is 1.99. The van der Waals surface area contributed by atoms with Crippen LogP contribution < -0.4 is 10.5 Å². The van der Waals surface area contributed by atoms with Crippen LogP contribution in [-0.2, 0) is 0 Å². The summed E-state index contributed by atoms with van der Waals surface area (Å²) < 4.78 is 63.5. The van der Waals surface area contributed by atoms with E-state index in [4.69, 9.17) is 5.73 Å². The first-order chi connectivity index (χ1) is 6.81. The topological polar surface area (TPSA) is 35.2 Å². The first kappa shape index (κ1) is 11.5. The van der Waals surface area contributed by atoms with Crippen molar-refractivity contribution in [1.29, 1.82) is 0 Å². The lowest BCUT2D eigenvalue weighted by atomic mass is 10.1. The molecule has 0 amide bonds. The van der Waals surface area contributed by atoms with Crippen molar-refractivity contribution in [3.8, 4) is 5.75 Å². The number of nitrogen functional groups attached to an aromatic ring is 1. The Morgan fingerprint density at radius 2 is 1.80 bits per heavy atom. The Kier molecular flexibility index (Phi) is 3.01. The van der Waals surface area contributed by atoms with Gasteiger partial charge in [-0.15, -0.1) is 13.2 Å². The van der Waals surface area contributed by atoms with Crippen LogP contribution in [0.25, 0.3) is 0 Å². The van der Waals surface area contributed by atoms with E-state index in [1.54, 1.807) is 0 Å². The molecule has 0 saturated carbocycles. The molecule has 0 spiro atoms. The van der Waals surface area contributed by atoms with Gasteiger partial charge in [-0.05, 0) is 12.1 Å². The minimum Gasteiger partial charge on any atom is -0.405 e. The van der Waals surface area contributed by atoms with Crippen LogP contribution in [0.15, 0.2) is 18.2 Å². The number of ether oxygens (including phenoxy) is 1. The minimum atomic E-state index is -5.02. The first-order valence-corrected chi connectivity index (χ1v) is 3.73. The number of anilines is 1. The normalized spacial score (nSPS) is 11.9. The van der Waals surface area contributed by atoms with Crippen molar-refractivity contribution in [3.05, 3.63) is 23.8 Å². The van der Waals surface area contributed by atoms with Crippen molar-refractivity contribution < 1.29 is 26.7 Å². The zero-order valence-corrected chi connectivity index (χ0v) is 7.18. The molecule has 2 N–H and O–H groups in total. The van der Waals surface area contributed by atoms with E-state index in [0.29, 0.717) is 0 Å². The fourth-order valence-electron chi connectivity index (χ4n) is 1.01. The van der Waals surface area contributed by atoms with E-state index in [2.05, 4.69) is 4.74 Å². The van der Waals surface area contributed by atoms with E-state index in [-0.39, 0.29) is 0 Å². The van der Waals surface area contributed by atoms with Crippen LogP contribution in [0.1, 0.15) is 12.0 Å². The van der Waals surface area contributed by atoms with Crippen LogP contribution in [0, 0.1) is 0 Å². The van der Waals surface area contributed by atoms with Gasteiger partial charge in [0.25, 0.3) is 6.43 Å². The molecule has 15 heavy (non-hydrogen) atoms. The lowest BCUT2D eigenvalue weighted by molar-refractivity contribution is -0.275. The molecule has 0 bridgehead atoms. The third-order valence-corrected chi connectivity index (χ3v) is 1.54. The van der Waals surface area contributed by atoms with Gasteiger partial charge in [0.2, 0.25) is 0 Å². The molecule has 0 saturated heterocycles. The Hall–Kier alpha value is -1.53. The largest absolute Gasteiger partial charge is 0.573 e. The highest BCUT2D eigenvalue weighted by Gasteiger charge is 2.33. The van der Waals surface area contributed by atoms with Crippen LogP contribution >= 0.6 is 0 Å². The standard InChI is InChI=1S/C8H6F5NO/c9-7(10)6-4(14)2-1-3-5(6)15-8(11,12)13/h1-3,7H,14H2. The van der Waals surface area contributed by atoms with Gasteiger partial charge in [-0.2, -0.15) is 0 Å². The van der Waals surface area contributed by atoms with E-state index < -0.39 is 29.8 Å². The number of alkyl halides is 5. The lowest BCUT2D eigenvalue weighted by Gasteiger charge is -2.14. The van der Waals surface area contributed by atoms with Gasteiger partial charge in [0.05, 0.1) is 5.56 Å². The van der Waals surface area contributed by atoms with Gasteiger partial charge in [0.1, 0.15) is 5.75 Å². The van der Waals surface area contributed by atoms with Gasteiger partial charge in [0.15, 0.2) is 0 Å². The molecule has 84 valence electrons.